The minimum atomic E-state index is -0.687. The summed E-state index contributed by atoms with van der Waals surface area (Å²) in [5.74, 6) is 0.955. The number of hydrogen-bond acceptors (Lipinski definition) is 8. The quantitative estimate of drug-likeness (QED) is 0.140. The van der Waals surface area contributed by atoms with E-state index in [0.29, 0.717) is 13.1 Å². The molecule has 2 aromatic heterocycles. The van der Waals surface area contributed by atoms with E-state index in [0.717, 1.165) is 71.0 Å². The topological polar surface area (TPSA) is 175 Å². The third kappa shape index (κ3) is 8.12. The van der Waals surface area contributed by atoms with E-state index in [1.54, 1.807) is 22.2 Å². The van der Waals surface area contributed by atoms with Crippen LogP contribution in [0.5, 0.6) is 0 Å². The van der Waals surface area contributed by atoms with E-state index in [9.17, 15) is 19.2 Å². The van der Waals surface area contributed by atoms with Crippen LogP contribution < -0.4 is 10.6 Å². The van der Waals surface area contributed by atoms with E-state index in [-0.39, 0.29) is 35.7 Å². The van der Waals surface area contributed by atoms with E-state index < -0.39 is 24.3 Å². The lowest BCUT2D eigenvalue weighted by Crippen LogP contribution is -2.51. The van der Waals surface area contributed by atoms with Crippen LogP contribution in [0.3, 0.4) is 0 Å². The maximum Gasteiger partial charge on any atom is 0.407 e. The maximum absolute atomic E-state index is 13.5. The fourth-order valence-electron chi connectivity index (χ4n) is 7.38. The number of nitrogens with zero attached hydrogens (tertiary/aromatic N) is 4. The highest BCUT2D eigenvalue weighted by atomic mass is 16.5. The summed E-state index contributed by atoms with van der Waals surface area (Å²) in [4.78, 5) is 70.7. The molecule has 2 fully saturated rings. The highest BCUT2D eigenvalue weighted by Crippen LogP contribution is 2.35. The molecule has 0 aliphatic carbocycles. The highest BCUT2D eigenvalue weighted by molar-refractivity contribution is 5.87. The van der Waals surface area contributed by atoms with Crippen molar-refractivity contribution >= 4 is 24.0 Å². The van der Waals surface area contributed by atoms with E-state index >= 15 is 0 Å². The Morgan fingerprint density at radius 3 is 1.31 bits per heavy atom. The Hall–Kier alpha value is -5.66. The van der Waals surface area contributed by atoms with Crippen LogP contribution in [0.4, 0.5) is 9.59 Å². The second-order valence-electron chi connectivity index (χ2n) is 14.6. The van der Waals surface area contributed by atoms with Gasteiger partial charge in [-0.3, -0.25) is 9.59 Å². The predicted octanol–water partition coefficient (Wildman–Crippen LogP) is 6.22. The summed E-state index contributed by atoms with van der Waals surface area (Å²) in [5, 5.41) is 5.38. The normalized spacial score (nSPS) is 18.1. The average molecular weight is 739 g/mol. The van der Waals surface area contributed by atoms with Crippen molar-refractivity contribution in [2.75, 3.05) is 27.3 Å². The molecular formula is C40H50N8O6. The summed E-state index contributed by atoms with van der Waals surface area (Å²) >= 11 is 0. The van der Waals surface area contributed by atoms with Crippen LogP contribution >= 0.6 is 0 Å². The molecule has 2 saturated heterocycles. The van der Waals surface area contributed by atoms with Gasteiger partial charge in [-0.1, -0.05) is 76.2 Å². The van der Waals surface area contributed by atoms with Gasteiger partial charge in [0.2, 0.25) is 11.8 Å². The van der Waals surface area contributed by atoms with Crippen LogP contribution in [0.15, 0.2) is 60.9 Å². The number of aromatic amines is 2. The molecule has 0 radical (unpaired) electrons. The van der Waals surface area contributed by atoms with Gasteiger partial charge >= 0.3 is 12.2 Å². The molecule has 0 saturated carbocycles. The lowest BCUT2D eigenvalue weighted by Gasteiger charge is -2.30. The third-order valence-corrected chi connectivity index (χ3v) is 10.4. The number of imidazole rings is 2. The van der Waals surface area contributed by atoms with Gasteiger partial charge in [-0.2, -0.15) is 0 Å². The van der Waals surface area contributed by atoms with Crippen molar-refractivity contribution in [3.05, 3.63) is 72.6 Å². The summed E-state index contributed by atoms with van der Waals surface area (Å²) in [7, 11) is 2.58. The summed E-state index contributed by atoms with van der Waals surface area (Å²) in [6.07, 6.45) is 5.61. The van der Waals surface area contributed by atoms with Crippen molar-refractivity contribution in [3.63, 3.8) is 0 Å². The third-order valence-electron chi connectivity index (χ3n) is 10.4. The second-order valence-corrected chi connectivity index (χ2v) is 14.6. The van der Waals surface area contributed by atoms with Crippen LogP contribution in [-0.2, 0) is 19.1 Å². The molecule has 54 heavy (non-hydrogen) atoms. The standard InChI is InChI=1S/C40H50N8O6/c1-23(2)33(45-39(51)53-5)37(49)47-19-7-9-31(47)35-41-21-29(43-35)27-15-11-25(12-16-27)26-13-17-28(18-14-26)30-22-42-36(44-30)32-10-8-20-48(32)38(50)34(24(3)4)46-40(52)54-6/h11-18,21-24,31-34H,7-10,19-20H2,1-6H3,(H,41,43)(H,42,44)(H,45,51)(H,46,52)/t31-,32?,33-,34?/m0/s1. The number of likely N-dealkylation sites (tertiary alicyclic amines) is 2. The molecule has 2 aliphatic heterocycles. The SMILES string of the molecule is COC(=O)NC(C(=O)N1CCCC1c1ncc(-c2ccc(-c3ccc(-c4cnc([C@@H]5CCCN5C(=O)[C@@H](NC(=O)OC)C(C)C)[nH]4)cc3)cc2)[nH]1)C(C)C. The van der Waals surface area contributed by atoms with Gasteiger partial charge in [0.05, 0.1) is 50.1 Å². The van der Waals surface area contributed by atoms with Crippen molar-refractivity contribution in [2.45, 2.75) is 77.5 Å². The van der Waals surface area contributed by atoms with Crippen molar-refractivity contribution in [2.24, 2.45) is 11.8 Å². The fraction of sp³-hybridized carbons (Fsp3) is 0.450. The highest BCUT2D eigenvalue weighted by Gasteiger charge is 2.39. The van der Waals surface area contributed by atoms with Gasteiger partial charge in [-0.25, -0.2) is 19.6 Å². The van der Waals surface area contributed by atoms with E-state index in [1.165, 1.54) is 14.2 Å². The number of alkyl carbamates (subject to hydrolysis) is 2. The number of rotatable bonds is 11. The molecule has 4 heterocycles. The molecule has 0 bridgehead atoms. The van der Waals surface area contributed by atoms with Crippen LogP contribution in [-0.4, -0.2) is 93.1 Å². The molecule has 2 aromatic carbocycles. The summed E-state index contributed by atoms with van der Waals surface area (Å²) in [5.41, 5.74) is 5.78. The molecule has 0 spiro atoms. The maximum atomic E-state index is 13.5. The lowest BCUT2D eigenvalue weighted by atomic mass is 10.0. The molecule has 14 heteroatoms. The zero-order valence-electron chi connectivity index (χ0n) is 31.7. The number of benzene rings is 2. The largest absolute Gasteiger partial charge is 0.453 e. The number of nitrogens with one attached hydrogen (secondary N) is 4. The first kappa shape index (κ1) is 38.1. The number of amides is 4. The van der Waals surface area contributed by atoms with Crippen molar-refractivity contribution in [3.8, 4) is 33.6 Å². The van der Waals surface area contributed by atoms with Gasteiger partial charge < -0.3 is 39.9 Å². The average Bonchev–Trinajstić information content (AvgIpc) is 4.02. The molecule has 4 amide bonds. The zero-order valence-corrected chi connectivity index (χ0v) is 31.7. The molecule has 2 aliphatic rings. The van der Waals surface area contributed by atoms with E-state index in [4.69, 9.17) is 9.47 Å². The predicted molar refractivity (Wildman–Crippen MR) is 203 cm³/mol. The van der Waals surface area contributed by atoms with E-state index in [2.05, 4.69) is 54.8 Å². The van der Waals surface area contributed by atoms with E-state index in [1.807, 2.05) is 52.0 Å². The summed E-state index contributed by atoms with van der Waals surface area (Å²) in [6.45, 7) is 8.78. The minimum absolute atomic E-state index is 0.104. The van der Waals surface area contributed by atoms with Crippen molar-refractivity contribution in [1.29, 1.82) is 0 Å². The van der Waals surface area contributed by atoms with Crippen LogP contribution in [0.2, 0.25) is 0 Å². The number of methoxy groups -OCH3 is 2. The first-order chi connectivity index (χ1) is 26.0. The molecule has 6 rings (SSSR count). The van der Waals surface area contributed by atoms with Gasteiger partial charge in [0.1, 0.15) is 23.7 Å². The Balaban J connectivity index is 1.11. The molecule has 4 atom stereocenters. The number of carbonyl (C=O) groups is 4. The number of ether oxygens (including phenoxy) is 2. The monoisotopic (exact) mass is 738 g/mol. The first-order valence-electron chi connectivity index (χ1n) is 18.6. The second kappa shape index (κ2) is 16.6. The van der Waals surface area contributed by atoms with Gasteiger partial charge in [0.15, 0.2) is 0 Å². The van der Waals surface area contributed by atoms with Crippen LogP contribution in [0, 0.1) is 11.8 Å². The molecule has 4 aromatic rings. The van der Waals surface area contributed by atoms with Gasteiger partial charge in [-0.15, -0.1) is 0 Å². The summed E-state index contributed by atoms with van der Waals surface area (Å²) < 4.78 is 9.50. The number of hydrogen-bond donors (Lipinski definition) is 4. The Bertz CT molecular complexity index is 1800. The zero-order chi connectivity index (χ0) is 38.5. The number of carbonyl (C=O) groups excluding carboxylic acids is 4. The Morgan fingerprint density at radius 2 is 0.981 bits per heavy atom. The van der Waals surface area contributed by atoms with Crippen LogP contribution in [0.25, 0.3) is 33.6 Å². The Labute approximate surface area is 315 Å². The Kier molecular flexibility index (Phi) is 11.7. The lowest BCUT2D eigenvalue weighted by molar-refractivity contribution is -0.136. The first-order valence-corrected chi connectivity index (χ1v) is 18.6. The molecule has 4 N–H and O–H groups in total. The molecule has 286 valence electrons. The minimum Gasteiger partial charge on any atom is -0.453 e. The molecule has 2 unspecified atom stereocenters. The summed E-state index contributed by atoms with van der Waals surface area (Å²) in [6, 6.07) is 14.7. The smallest absolute Gasteiger partial charge is 0.407 e. The van der Waals surface area contributed by atoms with Crippen molar-refractivity contribution < 1.29 is 28.7 Å². The Morgan fingerprint density at radius 1 is 0.630 bits per heavy atom. The molecular weight excluding hydrogens is 688 g/mol. The van der Waals surface area contributed by atoms with Crippen LogP contribution in [0.1, 0.15) is 77.1 Å². The fourth-order valence-corrected chi connectivity index (χ4v) is 7.38. The number of H-pyrrole nitrogens is 2. The number of aromatic nitrogens is 4. The van der Waals surface area contributed by atoms with Gasteiger partial charge in [0, 0.05) is 13.1 Å². The molecule has 14 nitrogen and oxygen atoms in total. The van der Waals surface area contributed by atoms with Gasteiger partial charge in [0.25, 0.3) is 0 Å². The van der Waals surface area contributed by atoms with Crippen molar-refractivity contribution in [1.82, 2.24) is 40.4 Å². The van der Waals surface area contributed by atoms with Gasteiger partial charge in [-0.05, 0) is 59.8 Å².